The normalized spacial score (nSPS) is 15.0. The standard InChI is InChI=1S/C28H45NO5S/c1-3-5-7-9-10-11-12-13-14-15-16-17-18-20-22-24-28(31)29-26(25-35(32,33)34)27(30)23-21-19-8-6-4-2/h5,7,10-11,13-14,16-17,20-23,26-27,30H,3-4,6,8-9,12,15,18-19,24-25H2,1-2H3,(H,29,31)(H,32,33,34)/b7-5-,11-10-,14-13-,17-16-,22-20-,23-21+. The van der Waals surface area contributed by atoms with Crippen LogP contribution in [-0.4, -0.2) is 41.9 Å². The fourth-order valence-corrected chi connectivity index (χ4v) is 3.78. The number of rotatable bonds is 20. The molecule has 0 aliphatic heterocycles. The maximum Gasteiger partial charge on any atom is 0.267 e. The van der Waals surface area contributed by atoms with Gasteiger partial charge in [0.25, 0.3) is 10.1 Å². The minimum atomic E-state index is -4.35. The molecular weight excluding hydrogens is 462 g/mol. The molecule has 0 aliphatic carbocycles. The molecule has 0 rings (SSSR count). The van der Waals surface area contributed by atoms with Gasteiger partial charge in [-0.15, -0.1) is 0 Å². The lowest BCUT2D eigenvalue weighted by molar-refractivity contribution is -0.121. The van der Waals surface area contributed by atoms with Gasteiger partial charge in [-0.1, -0.05) is 99.6 Å². The predicted molar refractivity (Wildman–Crippen MR) is 147 cm³/mol. The van der Waals surface area contributed by atoms with Gasteiger partial charge in [-0.05, 0) is 44.9 Å². The van der Waals surface area contributed by atoms with Crippen LogP contribution in [0.5, 0.6) is 0 Å². The molecule has 0 heterocycles. The first kappa shape index (κ1) is 32.8. The average molecular weight is 508 g/mol. The molecule has 0 aromatic carbocycles. The number of amides is 1. The van der Waals surface area contributed by atoms with Gasteiger partial charge >= 0.3 is 0 Å². The summed E-state index contributed by atoms with van der Waals surface area (Å²) in [6, 6.07) is -1.11. The molecule has 198 valence electrons. The first-order valence-electron chi connectivity index (χ1n) is 12.6. The highest BCUT2D eigenvalue weighted by Crippen LogP contribution is 2.05. The number of carbonyl (C=O) groups is 1. The summed E-state index contributed by atoms with van der Waals surface area (Å²) in [7, 11) is -4.35. The summed E-state index contributed by atoms with van der Waals surface area (Å²) in [4.78, 5) is 12.2. The van der Waals surface area contributed by atoms with E-state index in [-0.39, 0.29) is 6.42 Å². The summed E-state index contributed by atoms with van der Waals surface area (Å²) in [5.74, 6) is -1.16. The van der Waals surface area contributed by atoms with Crippen LogP contribution in [0.15, 0.2) is 72.9 Å². The van der Waals surface area contributed by atoms with E-state index in [9.17, 15) is 18.3 Å². The van der Waals surface area contributed by atoms with Crippen LogP contribution in [0.4, 0.5) is 0 Å². The lowest BCUT2D eigenvalue weighted by atomic mass is 10.1. The first-order valence-corrected chi connectivity index (χ1v) is 14.2. The molecule has 2 atom stereocenters. The van der Waals surface area contributed by atoms with Crippen molar-refractivity contribution in [1.82, 2.24) is 5.32 Å². The van der Waals surface area contributed by atoms with E-state index < -0.39 is 33.9 Å². The van der Waals surface area contributed by atoms with Crippen LogP contribution < -0.4 is 5.32 Å². The summed E-state index contributed by atoms with van der Waals surface area (Å²) in [6.07, 6.45) is 31.0. The van der Waals surface area contributed by atoms with E-state index >= 15 is 0 Å². The largest absolute Gasteiger partial charge is 0.387 e. The molecule has 0 fully saturated rings. The van der Waals surface area contributed by atoms with Gasteiger partial charge < -0.3 is 10.4 Å². The number of aliphatic hydroxyl groups excluding tert-OH is 1. The molecule has 0 radical (unpaired) electrons. The van der Waals surface area contributed by atoms with Crippen molar-refractivity contribution in [1.29, 1.82) is 0 Å². The van der Waals surface area contributed by atoms with Gasteiger partial charge in [0.1, 0.15) is 0 Å². The van der Waals surface area contributed by atoms with Crippen molar-refractivity contribution in [2.75, 3.05) is 5.75 Å². The fraction of sp³-hybridized carbons (Fsp3) is 0.536. The van der Waals surface area contributed by atoms with Crippen molar-refractivity contribution in [3.05, 3.63) is 72.9 Å². The highest BCUT2D eigenvalue weighted by Gasteiger charge is 2.24. The SMILES string of the molecule is CC/C=C\C/C=C\C/C=C\C/C=C\C/C=C\CC(=O)NC(CS(=O)(=O)O)C(O)/C=C/CCCCC. The van der Waals surface area contributed by atoms with Gasteiger partial charge in [-0.25, -0.2) is 0 Å². The maximum absolute atomic E-state index is 12.2. The Balaban J connectivity index is 4.32. The average Bonchev–Trinajstić information content (AvgIpc) is 2.80. The van der Waals surface area contributed by atoms with E-state index in [4.69, 9.17) is 4.55 Å². The van der Waals surface area contributed by atoms with Crippen LogP contribution in [0, 0.1) is 0 Å². The molecule has 0 spiro atoms. The number of hydrogen-bond acceptors (Lipinski definition) is 4. The highest BCUT2D eigenvalue weighted by atomic mass is 32.2. The van der Waals surface area contributed by atoms with E-state index in [1.165, 1.54) is 6.08 Å². The van der Waals surface area contributed by atoms with Crippen LogP contribution in [-0.2, 0) is 14.9 Å². The minimum Gasteiger partial charge on any atom is -0.387 e. The molecule has 1 amide bonds. The van der Waals surface area contributed by atoms with Crippen molar-refractivity contribution in [3.8, 4) is 0 Å². The van der Waals surface area contributed by atoms with E-state index in [1.807, 2.05) is 12.2 Å². The van der Waals surface area contributed by atoms with Crippen molar-refractivity contribution in [3.63, 3.8) is 0 Å². The van der Waals surface area contributed by atoms with Crippen LogP contribution in [0.2, 0.25) is 0 Å². The summed E-state index contributed by atoms with van der Waals surface area (Å²) in [6.45, 7) is 4.21. The Kier molecular flexibility index (Phi) is 20.8. The third-order valence-electron chi connectivity index (χ3n) is 4.92. The van der Waals surface area contributed by atoms with Crippen molar-refractivity contribution in [2.45, 2.75) is 90.2 Å². The van der Waals surface area contributed by atoms with Crippen LogP contribution >= 0.6 is 0 Å². The molecule has 35 heavy (non-hydrogen) atoms. The molecule has 0 aromatic heterocycles. The van der Waals surface area contributed by atoms with E-state index in [0.29, 0.717) is 6.42 Å². The Labute approximate surface area is 213 Å². The molecular formula is C28H45NO5S. The van der Waals surface area contributed by atoms with Crippen molar-refractivity contribution in [2.24, 2.45) is 0 Å². The van der Waals surface area contributed by atoms with Gasteiger partial charge in [-0.3, -0.25) is 9.35 Å². The lowest BCUT2D eigenvalue weighted by Crippen LogP contribution is -2.46. The lowest BCUT2D eigenvalue weighted by Gasteiger charge is -2.20. The summed E-state index contributed by atoms with van der Waals surface area (Å²) < 4.78 is 31.7. The third kappa shape index (κ3) is 23.3. The number of unbranched alkanes of at least 4 members (excludes halogenated alkanes) is 3. The van der Waals surface area contributed by atoms with Gasteiger partial charge in [0.15, 0.2) is 0 Å². The third-order valence-corrected chi connectivity index (χ3v) is 5.70. The number of allylic oxidation sites excluding steroid dienone is 10. The number of nitrogens with one attached hydrogen (secondary N) is 1. The molecule has 0 saturated carbocycles. The Morgan fingerprint density at radius 3 is 1.80 bits per heavy atom. The Morgan fingerprint density at radius 1 is 0.800 bits per heavy atom. The molecule has 0 aliphatic rings. The molecule has 0 bridgehead atoms. The Bertz CT molecular complexity index is 822. The monoisotopic (exact) mass is 507 g/mol. The second kappa shape index (κ2) is 22.3. The molecule has 2 unspecified atom stereocenters. The van der Waals surface area contributed by atoms with Gasteiger partial charge in [0, 0.05) is 6.42 Å². The molecule has 6 nitrogen and oxygen atoms in total. The zero-order chi connectivity index (χ0) is 26.2. The fourth-order valence-electron chi connectivity index (χ4n) is 3.04. The van der Waals surface area contributed by atoms with E-state index in [0.717, 1.165) is 51.4 Å². The maximum atomic E-state index is 12.2. The molecule has 0 saturated heterocycles. The molecule has 3 N–H and O–H groups in total. The summed E-state index contributed by atoms with van der Waals surface area (Å²) in [5.41, 5.74) is 0. The predicted octanol–water partition coefficient (Wildman–Crippen LogP) is 6.00. The first-order chi connectivity index (χ1) is 16.8. The van der Waals surface area contributed by atoms with Crippen LogP contribution in [0.3, 0.4) is 0 Å². The summed E-state index contributed by atoms with van der Waals surface area (Å²) >= 11 is 0. The number of hydrogen-bond donors (Lipinski definition) is 3. The number of aliphatic hydroxyl groups is 1. The molecule has 7 heteroatoms. The second-order valence-electron chi connectivity index (χ2n) is 8.25. The second-order valence-corrected chi connectivity index (χ2v) is 9.75. The zero-order valence-electron chi connectivity index (χ0n) is 21.4. The Morgan fingerprint density at radius 2 is 1.31 bits per heavy atom. The topological polar surface area (TPSA) is 104 Å². The minimum absolute atomic E-state index is 0.0580. The van der Waals surface area contributed by atoms with Gasteiger partial charge in [0.05, 0.1) is 17.9 Å². The quantitative estimate of drug-likeness (QED) is 0.107. The summed E-state index contributed by atoms with van der Waals surface area (Å²) in [5, 5.41) is 12.8. The Hall–Kier alpha value is -2.22. The van der Waals surface area contributed by atoms with E-state index in [2.05, 4.69) is 61.7 Å². The van der Waals surface area contributed by atoms with Crippen molar-refractivity contribution < 1.29 is 22.9 Å². The van der Waals surface area contributed by atoms with Crippen molar-refractivity contribution >= 4 is 16.0 Å². The zero-order valence-corrected chi connectivity index (χ0v) is 22.2. The van der Waals surface area contributed by atoms with Gasteiger partial charge in [-0.2, -0.15) is 8.42 Å². The van der Waals surface area contributed by atoms with E-state index in [1.54, 1.807) is 12.2 Å². The smallest absolute Gasteiger partial charge is 0.267 e. The molecule has 0 aromatic rings. The van der Waals surface area contributed by atoms with Gasteiger partial charge in [0.2, 0.25) is 5.91 Å². The van der Waals surface area contributed by atoms with Crippen LogP contribution in [0.1, 0.15) is 78.1 Å². The number of carbonyl (C=O) groups excluding carboxylic acids is 1. The highest BCUT2D eigenvalue weighted by molar-refractivity contribution is 7.85. The van der Waals surface area contributed by atoms with Crippen LogP contribution in [0.25, 0.3) is 0 Å².